The van der Waals surface area contributed by atoms with Gasteiger partial charge in [-0.2, -0.15) is 5.10 Å². The van der Waals surface area contributed by atoms with E-state index in [0.717, 1.165) is 5.56 Å². The number of anilines is 1. The van der Waals surface area contributed by atoms with Crippen molar-refractivity contribution in [2.24, 2.45) is 0 Å². The number of rotatable bonds is 9. The van der Waals surface area contributed by atoms with Crippen LogP contribution in [0.15, 0.2) is 42.7 Å². The van der Waals surface area contributed by atoms with Gasteiger partial charge in [-0.15, -0.1) is 11.6 Å². The number of alkyl halides is 1. The van der Waals surface area contributed by atoms with Crippen molar-refractivity contribution in [1.82, 2.24) is 14.8 Å². The van der Waals surface area contributed by atoms with Crippen LogP contribution in [0.3, 0.4) is 0 Å². The Hall–Kier alpha value is -2.64. The molecule has 0 radical (unpaired) electrons. The van der Waals surface area contributed by atoms with Gasteiger partial charge in [0.2, 0.25) is 0 Å². The Kier molecular flexibility index (Phi) is 6.26. The first-order valence-electron chi connectivity index (χ1n) is 8.70. The van der Waals surface area contributed by atoms with Crippen LogP contribution in [0, 0.1) is 0 Å². The summed E-state index contributed by atoms with van der Waals surface area (Å²) in [4.78, 5) is 15.9. The first-order chi connectivity index (χ1) is 13.1. The van der Waals surface area contributed by atoms with Gasteiger partial charge in [0.1, 0.15) is 5.56 Å². The van der Waals surface area contributed by atoms with Gasteiger partial charge in [0.25, 0.3) is 0 Å². The van der Waals surface area contributed by atoms with Crippen molar-refractivity contribution in [2.75, 3.05) is 25.1 Å². The molecule has 2 N–H and O–H groups in total. The number of hydrogen-bond acceptors (Lipinski definition) is 5. The summed E-state index contributed by atoms with van der Waals surface area (Å²) in [5.74, 6) is -1.05. The predicted molar refractivity (Wildman–Crippen MR) is 105 cm³/mol. The summed E-state index contributed by atoms with van der Waals surface area (Å²) in [7, 11) is 0. The summed E-state index contributed by atoms with van der Waals surface area (Å²) in [6.07, 6.45) is 2.96. The minimum atomic E-state index is -1.05. The minimum Gasteiger partial charge on any atom is -0.478 e. The van der Waals surface area contributed by atoms with E-state index in [0.29, 0.717) is 43.0 Å². The zero-order valence-electron chi connectivity index (χ0n) is 14.9. The summed E-state index contributed by atoms with van der Waals surface area (Å²) >= 11 is 6.52. The van der Waals surface area contributed by atoms with Crippen LogP contribution in [0.25, 0.3) is 11.0 Å². The van der Waals surface area contributed by atoms with Crippen molar-refractivity contribution in [2.45, 2.75) is 18.8 Å². The van der Waals surface area contributed by atoms with E-state index in [2.05, 4.69) is 15.4 Å². The average molecular weight is 389 g/mol. The van der Waals surface area contributed by atoms with E-state index < -0.39 is 5.97 Å². The third kappa shape index (κ3) is 4.37. The monoisotopic (exact) mass is 388 g/mol. The number of ether oxygens (including phenoxy) is 1. The van der Waals surface area contributed by atoms with Crippen LogP contribution in [0.5, 0.6) is 0 Å². The van der Waals surface area contributed by atoms with Crippen LogP contribution in [-0.2, 0) is 11.3 Å². The lowest BCUT2D eigenvalue weighted by Gasteiger charge is -2.12. The van der Waals surface area contributed by atoms with Gasteiger partial charge in [-0.1, -0.05) is 30.3 Å². The fraction of sp³-hybridized carbons (Fsp3) is 0.316. The molecule has 3 aromatic rings. The van der Waals surface area contributed by atoms with Gasteiger partial charge < -0.3 is 15.2 Å². The molecule has 1 aromatic carbocycles. The first kappa shape index (κ1) is 19.1. The molecule has 2 heterocycles. The third-order valence-electron chi connectivity index (χ3n) is 4.14. The second kappa shape index (κ2) is 8.83. The fourth-order valence-corrected chi connectivity index (χ4v) is 3.10. The Morgan fingerprint density at radius 3 is 2.81 bits per heavy atom. The number of aromatic carboxylic acids is 1. The molecule has 0 aliphatic rings. The molecule has 0 aliphatic carbocycles. The minimum absolute atomic E-state index is 0.101. The molecule has 0 amide bonds. The Labute approximate surface area is 161 Å². The number of benzene rings is 1. The topological polar surface area (TPSA) is 89.3 Å². The summed E-state index contributed by atoms with van der Waals surface area (Å²) in [6, 6.07) is 9.72. The maximum absolute atomic E-state index is 11.6. The molecule has 0 aliphatic heterocycles. The number of carbonyl (C=O) groups is 1. The molecular formula is C19H21ClN4O3. The van der Waals surface area contributed by atoms with Crippen molar-refractivity contribution < 1.29 is 14.6 Å². The lowest BCUT2D eigenvalue weighted by atomic mass is 10.1. The van der Waals surface area contributed by atoms with Crippen molar-refractivity contribution in [1.29, 1.82) is 0 Å². The molecular weight excluding hydrogens is 368 g/mol. The number of nitrogens with one attached hydrogen (secondary N) is 1. The lowest BCUT2D eigenvalue weighted by molar-refractivity contribution is 0.0697. The molecule has 3 rings (SSSR count). The van der Waals surface area contributed by atoms with Gasteiger partial charge in [-0.3, -0.25) is 0 Å². The highest BCUT2D eigenvalue weighted by atomic mass is 35.5. The number of carboxylic acids is 1. The Balaban J connectivity index is 1.89. The summed E-state index contributed by atoms with van der Waals surface area (Å²) in [5.41, 5.74) is 2.16. The van der Waals surface area contributed by atoms with E-state index in [1.807, 2.05) is 37.3 Å². The van der Waals surface area contributed by atoms with Crippen molar-refractivity contribution in [3.05, 3.63) is 53.9 Å². The van der Waals surface area contributed by atoms with Crippen LogP contribution in [0.2, 0.25) is 0 Å². The largest absolute Gasteiger partial charge is 0.478 e. The maximum atomic E-state index is 11.6. The van der Waals surface area contributed by atoms with E-state index >= 15 is 0 Å². The molecule has 0 saturated carbocycles. The van der Waals surface area contributed by atoms with Crippen molar-refractivity contribution in [3.8, 4) is 0 Å². The molecule has 0 bridgehead atoms. The molecule has 1 unspecified atom stereocenters. The van der Waals surface area contributed by atoms with E-state index in [4.69, 9.17) is 16.3 Å². The molecule has 0 saturated heterocycles. The molecule has 1 atom stereocenters. The molecule has 8 heteroatoms. The molecule has 142 valence electrons. The first-order valence-corrected chi connectivity index (χ1v) is 9.14. The molecule has 27 heavy (non-hydrogen) atoms. The highest BCUT2D eigenvalue weighted by Crippen LogP contribution is 2.28. The standard InChI is InChI=1S/C19H21ClN4O3/c1-2-27-9-8-21-17-14-11-23-24(18(14)22-10-15(17)19(25)26)12-16(20)13-6-4-3-5-7-13/h3-7,10-11,16H,2,8-9,12H2,1H3,(H,21,22)(H,25,26). The Morgan fingerprint density at radius 1 is 1.33 bits per heavy atom. The van der Waals surface area contributed by atoms with Gasteiger partial charge in [0.15, 0.2) is 5.65 Å². The quantitative estimate of drug-likeness (QED) is 0.430. The normalized spacial score (nSPS) is 12.2. The zero-order valence-corrected chi connectivity index (χ0v) is 15.7. The van der Waals surface area contributed by atoms with Crippen LogP contribution < -0.4 is 5.32 Å². The smallest absolute Gasteiger partial charge is 0.339 e. The Morgan fingerprint density at radius 2 is 2.11 bits per heavy atom. The summed E-state index contributed by atoms with van der Waals surface area (Å²) in [5, 5.41) is 17.3. The lowest BCUT2D eigenvalue weighted by Crippen LogP contribution is -2.13. The predicted octanol–water partition coefficient (Wildman–Crippen LogP) is 3.56. The van der Waals surface area contributed by atoms with Crippen LogP contribution in [0.1, 0.15) is 28.2 Å². The molecule has 2 aromatic heterocycles. The third-order valence-corrected chi connectivity index (χ3v) is 4.53. The van der Waals surface area contributed by atoms with Gasteiger partial charge in [0, 0.05) is 19.3 Å². The number of fused-ring (bicyclic) bond motifs is 1. The fourth-order valence-electron chi connectivity index (χ4n) is 2.82. The second-order valence-electron chi connectivity index (χ2n) is 5.92. The van der Waals surface area contributed by atoms with Crippen LogP contribution in [0.4, 0.5) is 5.69 Å². The van der Waals surface area contributed by atoms with E-state index in [-0.39, 0.29) is 10.9 Å². The van der Waals surface area contributed by atoms with Gasteiger partial charge in [-0.05, 0) is 12.5 Å². The Bertz CT molecular complexity index is 914. The summed E-state index contributed by atoms with van der Waals surface area (Å²) in [6.45, 7) is 3.90. The van der Waals surface area contributed by atoms with Gasteiger partial charge >= 0.3 is 5.97 Å². The SMILES string of the molecule is CCOCCNc1c(C(=O)O)cnc2c1cnn2CC(Cl)c1ccccc1. The molecule has 7 nitrogen and oxygen atoms in total. The van der Waals surface area contributed by atoms with E-state index in [1.165, 1.54) is 6.20 Å². The molecule has 0 fully saturated rings. The number of carboxylic acid groups (broad SMARTS) is 1. The summed E-state index contributed by atoms with van der Waals surface area (Å²) < 4.78 is 7.00. The number of nitrogens with zero attached hydrogens (tertiary/aromatic N) is 3. The number of halogens is 1. The number of aromatic nitrogens is 3. The number of hydrogen-bond donors (Lipinski definition) is 2. The second-order valence-corrected chi connectivity index (χ2v) is 6.44. The maximum Gasteiger partial charge on any atom is 0.339 e. The van der Waals surface area contributed by atoms with Crippen molar-refractivity contribution in [3.63, 3.8) is 0 Å². The zero-order chi connectivity index (χ0) is 19.2. The van der Waals surface area contributed by atoms with Crippen LogP contribution in [-0.4, -0.2) is 45.6 Å². The highest BCUT2D eigenvalue weighted by Gasteiger charge is 2.19. The van der Waals surface area contributed by atoms with Gasteiger partial charge in [-0.25, -0.2) is 14.5 Å². The highest BCUT2D eigenvalue weighted by molar-refractivity contribution is 6.20. The van der Waals surface area contributed by atoms with E-state index in [9.17, 15) is 9.90 Å². The number of pyridine rings is 1. The van der Waals surface area contributed by atoms with Crippen molar-refractivity contribution >= 4 is 34.3 Å². The van der Waals surface area contributed by atoms with Gasteiger partial charge in [0.05, 0.1) is 35.8 Å². The van der Waals surface area contributed by atoms with Crippen LogP contribution >= 0.6 is 11.6 Å². The molecule has 0 spiro atoms. The van der Waals surface area contributed by atoms with E-state index in [1.54, 1.807) is 10.9 Å². The average Bonchev–Trinajstić information content (AvgIpc) is 3.08.